The molecule has 0 aliphatic carbocycles. The van der Waals surface area contributed by atoms with Gasteiger partial charge in [-0.1, -0.05) is 42.5 Å². The minimum absolute atomic E-state index is 0.0202. The molecule has 176 valence electrons. The van der Waals surface area contributed by atoms with Gasteiger partial charge < -0.3 is 20.9 Å². The predicted octanol–water partition coefficient (Wildman–Crippen LogP) is 2.64. The van der Waals surface area contributed by atoms with Crippen molar-refractivity contribution in [2.75, 3.05) is 18.0 Å². The van der Waals surface area contributed by atoms with Crippen LogP contribution < -0.4 is 27.1 Å². The lowest BCUT2D eigenvalue weighted by Gasteiger charge is -2.29. The summed E-state index contributed by atoms with van der Waals surface area (Å²) in [5.74, 6) is -0.909. The molecule has 1 aliphatic heterocycles. The summed E-state index contributed by atoms with van der Waals surface area (Å²) in [6.45, 7) is 2.20. The zero-order chi connectivity index (χ0) is 23.9. The number of rotatable bonds is 6. The van der Waals surface area contributed by atoms with Crippen LogP contribution in [0.5, 0.6) is 0 Å². The van der Waals surface area contributed by atoms with E-state index in [9.17, 15) is 4.79 Å². The number of hydrazone groups is 1. The minimum atomic E-state index is -0.372. The molecule has 1 saturated heterocycles. The molecule has 0 saturated carbocycles. The van der Waals surface area contributed by atoms with Crippen LogP contribution in [0.2, 0.25) is 0 Å². The van der Waals surface area contributed by atoms with Crippen LogP contribution >= 0.6 is 0 Å². The summed E-state index contributed by atoms with van der Waals surface area (Å²) >= 11 is 0. The third-order valence-electron chi connectivity index (χ3n) is 5.80. The number of anilines is 1. The Bertz CT molecular complexity index is 1160. The molecule has 1 aromatic heterocycles. The van der Waals surface area contributed by atoms with Gasteiger partial charge in [0.1, 0.15) is 6.54 Å². The summed E-state index contributed by atoms with van der Waals surface area (Å²) in [4.78, 5) is 15.2. The van der Waals surface area contributed by atoms with Crippen LogP contribution in [-0.2, 0) is 11.3 Å². The van der Waals surface area contributed by atoms with Crippen LogP contribution in [0.3, 0.4) is 0 Å². The van der Waals surface area contributed by atoms with Gasteiger partial charge in [-0.2, -0.15) is 0 Å². The molecule has 0 spiro atoms. The lowest BCUT2D eigenvalue weighted by Crippen LogP contribution is -2.41. The van der Waals surface area contributed by atoms with Gasteiger partial charge in [0.2, 0.25) is 17.8 Å². The highest BCUT2D eigenvalue weighted by Gasteiger charge is 2.16. The van der Waals surface area contributed by atoms with Crippen molar-refractivity contribution in [2.24, 2.45) is 16.6 Å². The molecule has 0 atom stereocenters. The number of aromatic nitrogens is 1. The van der Waals surface area contributed by atoms with Crippen LogP contribution in [0.25, 0.3) is 22.5 Å². The molecule has 1 fully saturated rings. The number of carbonyl (C=O) groups is 1. The first-order chi connectivity index (χ1) is 16.5. The first kappa shape index (κ1) is 22.9. The number of guanidine groups is 2. The molecule has 2 heterocycles. The first-order valence-corrected chi connectivity index (χ1v) is 11.3. The van der Waals surface area contributed by atoms with Crippen molar-refractivity contribution >= 4 is 23.5 Å². The number of amides is 1. The minimum Gasteiger partial charge on any atom is -0.372 e. The summed E-state index contributed by atoms with van der Waals surface area (Å²) < 4.78 is 1.95. The van der Waals surface area contributed by atoms with E-state index in [4.69, 9.17) is 16.9 Å². The highest BCUT2D eigenvalue weighted by molar-refractivity contribution is 5.96. The van der Waals surface area contributed by atoms with Crippen molar-refractivity contribution in [2.45, 2.75) is 25.8 Å². The highest BCUT2D eigenvalue weighted by atomic mass is 16.2. The van der Waals surface area contributed by atoms with Crippen molar-refractivity contribution in [1.29, 1.82) is 5.41 Å². The maximum Gasteiger partial charge on any atom is 0.246 e. The van der Waals surface area contributed by atoms with Gasteiger partial charge in [-0.3, -0.25) is 15.5 Å². The predicted molar refractivity (Wildman–Crippen MR) is 136 cm³/mol. The van der Waals surface area contributed by atoms with Crippen molar-refractivity contribution < 1.29 is 4.79 Å². The van der Waals surface area contributed by atoms with E-state index in [1.165, 1.54) is 24.9 Å². The lowest BCUT2D eigenvalue weighted by molar-refractivity contribution is -0.120. The van der Waals surface area contributed by atoms with E-state index >= 15 is 0 Å². The average molecular weight is 459 g/mol. The molecule has 2 aromatic carbocycles. The number of carbonyl (C=O) groups excluding carboxylic acids is 1. The van der Waals surface area contributed by atoms with Crippen molar-refractivity contribution in [1.82, 2.24) is 15.3 Å². The van der Waals surface area contributed by atoms with Gasteiger partial charge in [-0.25, -0.2) is 5.43 Å². The molecular weight excluding hydrogens is 428 g/mol. The molecule has 1 amide bonds. The van der Waals surface area contributed by atoms with Crippen LogP contribution in [0.15, 0.2) is 71.8 Å². The molecule has 7 N–H and O–H groups in total. The molecule has 0 radical (unpaired) electrons. The Balaban J connectivity index is 1.60. The summed E-state index contributed by atoms with van der Waals surface area (Å²) in [7, 11) is 0. The van der Waals surface area contributed by atoms with Crippen LogP contribution in [0.1, 0.15) is 19.3 Å². The second-order valence-corrected chi connectivity index (χ2v) is 8.22. The fraction of sp³-hybridized carbons (Fsp3) is 0.240. The monoisotopic (exact) mass is 458 g/mol. The van der Waals surface area contributed by atoms with Crippen molar-refractivity contribution in [3.8, 4) is 22.5 Å². The van der Waals surface area contributed by atoms with E-state index in [0.29, 0.717) is 0 Å². The van der Waals surface area contributed by atoms with Gasteiger partial charge in [-0.05, 0) is 54.7 Å². The second kappa shape index (κ2) is 10.6. The highest BCUT2D eigenvalue weighted by Crippen LogP contribution is 2.30. The van der Waals surface area contributed by atoms with E-state index in [2.05, 4.69) is 45.0 Å². The molecule has 0 unspecified atom stereocenters. The fourth-order valence-electron chi connectivity index (χ4n) is 4.22. The Morgan fingerprint density at radius 1 is 0.882 bits per heavy atom. The quantitative estimate of drug-likeness (QED) is 0.220. The van der Waals surface area contributed by atoms with Crippen molar-refractivity contribution in [3.05, 3.63) is 66.7 Å². The summed E-state index contributed by atoms with van der Waals surface area (Å²) in [6, 6.07) is 22.4. The van der Waals surface area contributed by atoms with Crippen LogP contribution in [0, 0.1) is 5.41 Å². The average Bonchev–Trinajstić information content (AvgIpc) is 3.27. The zero-order valence-electron chi connectivity index (χ0n) is 19.0. The fourth-order valence-corrected chi connectivity index (χ4v) is 4.22. The van der Waals surface area contributed by atoms with E-state index < -0.39 is 0 Å². The van der Waals surface area contributed by atoms with Gasteiger partial charge >= 0.3 is 0 Å². The summed E-state index contributed by atoms with van der Waals surface area (Å²) in [6.07, 6.45) is 3.76. The SMILES string of the molecule is N=C(NN=C(N)N)NC(=O)Cn1c(-c2ccccc2)ccc1-c1ccc(N2CCCCC2)cc1. The van der Waals surface area contributed by atoms with Gasteiger partial charge in [0.05, 0.1) is 0 Å². The molecular formula is C25H30N8O. The number of hydrogen-bond donors (Lipinski definition) is 5. The topological polar surface area (TPSA) is 138 Å². The van der Waals surface area contributed by atoms with E-state index in [1.54, 1.807) is 0 Å². The number of nitrogens with zero attached hydrogens (tertiary/aromatic N) is 3. The van der Waals surface area contributed by atoms with Crippen LogP contribution in [-0.4, -0.2) is 35.5 Å². The number of nitrogens with two attached hydrogens (primary N) is 2. The lowest BCUT2D eigenvalue weighted by atomic mass is 10.1. The van der Waals surface area contributed by atoms with Crippen molar-refractivity contribution in [3.63, 3.8) is 0 Å². The Hall–Kier alpha value is -4.27. The van der Waals surface area contributed by atoms with E-state index in [1.807, 2.05) is 47.0 Å². The van der Waals surface area contributed by atoms with Gasteiger partial charge in [0.25, 0.3) is 0 Å². The maximum absolute atomic E-state index is 12.8. The Kier molecular flexibility index (Phi) is 7.12. The molecule has 1 aliphatic rings. The molecule has 34 heavy (non-hydrogen) atoms. The molecule has 9 heteroatoms. The Morgan fingerprint density at radius 2 is 1.50 bits per heavy atom. The number of piperidine rings is 1. The normalized spacial score (nSPS) is 13.2. The largest absolute Gasteiger partial charge is 0.372 e. The zero-order valence-corrected chi connectivity index (χ0v) is 19.0. The summed E-state index contributed by atoms with van der Waals surface area (Å²) in [5, 5.41) is 13.8. The Morgan fingerprint density at radius 3 is 2.12 bits per heavy atom. The molecule has 9 nitrogen and oxygen atoms in total. The van der Waals surface area contributed by atoms with Gasteiger partial charge in [-0.15, -0.1) is 5.10 Å². The van der Waals surface area contributed by atoms with Crippen LogP contribution in [0.4, 0.5) is 5.69 Å². The van der Waals surface area contributed by atoms with Gasteiger partial charge in [0, 0.05) is 30.2 Å². The third-order valence-corrected chi connectivity index (χ3v) is 5.80. The summed E-state index contributed by atoms with van der Waals surface area (Å²) in [5.41, 5.74) is 17.9. The number of nitrogens with one attached hydrogen (secondary N) is 3. The van der Waals surface area contributed by atoms with E-state index in [-0.39, 0.29) is 24.4 Å². The molecule has 3 aromatic rings. The van der Waals surface area contributed by atoms with Gasteiger partial charge in [0.15, 0.2) is 0 Å². The maximum atomic E-state index is 12.8. The third kappa shape index (κ3) is 5.55. The number of benzene rings is 2. The first-order valence-electron chi connectivity index (χ1n) is 11.3. The van der Waals surface area contributed by atoms with E-state index in [0.717, 1.165) is 35.6 Å². The molecule has 4 rings (SSSR count). The smallest absolute Gasteiger partial charge is 0.246 e. The Labute approximate surface area is 198 Å². The standard InChI is InChI=1S/C25H30N8O/c26-24(27)30-31-25(28)29-23(34)17-33-21(18-7-3-1-4-8-18)13-14-22(33)19-9-11-20(12-10-19)32-15-5-2-6-16-32/h1,3-4,7-14H,2,5-6,15-17H2,(H4,26,27,30)(H3,28,29,31,34). The number of hydrogen-bond acceptors (Lipinski definition) is 4. The second-order valence-electron chi connectivity index (χ2n) is 8.22. The molecule has 0 bridgehead atoms.